The van der Waals surface area contributed by atoms with Gasteiger partial charge in [-0.3, -0.25) is 14.6 Å². The van der Waals surface area contributed by atoms with Gasteiger partial charge in [0.1, 0.15) is 0 Å². The maximum Gasteiger partial charge on any atom is 0.0842 e. The molecule has 0 saturated heterocycles. The first-order chi connectivity index (χ1) is 8.16. The quantitative estimate of drug-likeness (QED) is 0.811. The van der Waals surface area contributed by atoms with Crippen molar-refractivity contribution in [1.29, 1.82) is 0 Å². The molecule has 0 N–H and O–H groups in total. The molecule has 0 saturated carbocycles. The Bertz CT molecular complexity index is 511. The average Bonchev–Trinajstić information content (AvgIpc) is 2.79. The molecule has 0 bridgehead atoms. The van der Waals surface area contributed by atoms with Gasteiger partial charge in [-0.1, -0.05) is 0 Å². The number of allylic oxidation sites excluding steroid dienone is 1. The van der Waals surface area contributed by atoms with Gasteiger partial charge in [0.05, 0.1) is 18.1 Å². The standard InChI is InChI=1S/C13H16N4/c1-10(2)17-9-12(7-16-17)6-11(3)13-8-14-4-5-15-13/h4-10H,1-3H3. The van der Waals surface area contributed by atoms with Gasteiger partial charge < -0.3 is 0 Å². The summed E-state index contributed by atoms with van der Waals surface area (Å²) in [6, 6.07) is 0.383. The van der Waals surface area contributed by atoms with Crippen LogP contribution in [0.5, 0.6) is 0 Å². The molecule has 0 aliphatic heterocycles. The highest BCUT2D eigenvalue weighted by Gasteiger charge is 2.01. The van der Waals surface area contributed by atoms with Crippen molar-refractivity contribution in [2.24, 2.45) is 0 Å². The van der Waals surface area contributed by atoms with Crippen LogP contribution in [0.25, 0.3) is 11.6 Å². The molecule has 88 valence electrons. The Labute approximate surface area is 101 Å². The lowest BCUT2D eigenvalue weighted by molar-refractivity contribution is 0.532. The summed E-state index contributed by atoms with van der Waals surface area (Å²) in [5, 5.41) is 4.30. The smallest absolute Gasteiger partial charge is 0.0842 e. The van der Waals surface area contributed by atoms with E-state index in [1.807, 2.05) is 24.0 Å². The predicted molar refractivity (Wildman–Crippen MR) is 68.2 cm³/mol. The summed E-state index contributed by atoms with van der Waals surface area (Å²) in [6.07, 6.45) is 11.1. The first-order valence-electron chi connectivity index (χ1n) is 5.65. The summed E-state index contributed by atoms with van der Waals surface area (Å²) in [5.74, 6) is 0. The summed E-state index contributed by atoms with van der Waals surface area (Å²) < 4.78 is 1.94. The minimum atomic E-state index is 0.383. The number of aromatic nitrogens is 4. The normalized spacial score (nSPS) is 12.1. The summed E-state index contributed by atoms with van der Waals surface area (Å²) in [5.41, 5.74) is 3.06. The van der Waals surface area contributed by atoms with Gasteiger partial charge in [-0.25, -0.2) is 0 Å². The second kappa shape index (κ2) is 4.91. The van der Waals surface area contributed by atoms with Crippen LogP contribution in [0, 0.1) is 0 Å². The van der Waals surface area contributed by atoms with E-state index in [1.165, 1.54) is 0 Å². The molecule has 0 fully saturated rings. The Morgan fingerprint density at radius 1 is 1.29 bits per heavy atom. The number of nitrogens with zero attached hydrogens (tertiary/aromatic N) is 4. The minimum absolute atomic E-state index is 0.383. The zero-order chi connectivity index (χ0) is 12.3. The van der Waals surface area contributed by atoms with E-state index in [-0.39, 0.29) is 0 Å². The van der Waals surface area contributed by atoms with Crippen LogP contribution in [0.1, 0.15) is 38.1 Å². The summed E-state index contributed by atoms with van der Waals surface area (Å²) in [6.45, 7) is 6.24. The minimum Gasteiger partial charge on any atom is -0.270 e. The molecule has 0 amide bonds. The van der Waals surface area contributed by atoms with E-state index in [4.69, 9.17) is 0 Å². The van der Waals surface area contributed by atoms with Gasteiger partial charge in [0.15, 0.2) is 0 Å². The van der Waals surface area contributed by atoms with Crippen molar-refractivity contribution in [3.05, 3.63) is 42.2 Å². The molecular formula is C13H16N4. The van der Waals surface area contributed by atoms with E-state index in [1.54, 1.807) is 18.6 Å². The van der Waals surface area contributed by atoms with Crippen molar-refractivity contribution >= 4 is 11.6 Å². The highest BCUT2D eigenvalue weighted by molar-refractivity contribution is 5.77. The van der Waals surface area contributed by atoms with Crippen LogP contribution in [0.3, 0.4) is 0 Å². The van der Waals surface area contributed by atoms with E-state index in [0.29, 0.717) is 6.04 Å². The lowest BCUT2D eigenvalue weighted by Gasteiger charge is -2.02. The third kappa shape index (κ3) is 2.78. The molecule has 0 unspecified atom stereocenters. The summed E-state index contributed by atoms with van der Waals surface area (Å²) in [7, 11) is 0. The van der Waals surface area contributed by atoms with Crippen molar-refractivity contribution in [3.8, 4) is 0 Å². The maximum absolute atomic E-state index is 4.30. The molecule has 0 aromatic carbocycles. The second-order valence-corrected chi connectivity index (χ2v) is 4.27. The topological polar surface area (TPSA) is 43.6 Å². The molecule has 4 heteroatoms. The van der Waals surface area contributed by atoms with Crippen molar-refractivity contribution in [2.45, 2.75) is 26.8 Å². The van der Waals surface area contributed by atoms with Gasteiger partial charge >= 0.3 is 0 Å². The van der Waals surface area contributed by atoms with E-state index in [0.717, 1.165) is 16.8 Å². The first kappa shape index (κ1) is 11.5. The lowest BCUT2D eigenvalue weighted by Crippen LogP contribution is -1.99. The van der Waals surface area contributed by atoms with Crippen molar-refractivity contribution < 1.29 is 0 Å². The summed E-state index contributed by atoms with van der Waals surface area (Å²) in [4.78, 5) is 8.32. The molecule has 2 aromatic heterocycles. The largest absolute Gasteiger partial charge is 0.270 e. The lowest BCUT2D eigenvalue weighted by atomic mass is 10.1. The van der Waals surface area contributed by atoms with Crippen molar-refractivity contribution in [1.82, 2.24) is 19.7 Å². The first-order valence-corrected chi connectivity index (χ1v) is 5.65. The molecule has 0 spiro atoms. The van der Waals surface area contributed by atoms with E-state index in [2.05, 4.69) is 35.0 Å². The molecule has 0 aliphatic carbocycles. The third-order valence-electron chi connectivity index (χ3n) is 2.50. The molecular weight excluding hydrogens is 212 g/mol. The van der Waals surface area contributed by atoms with Gasteiger partial charge in [0.25, 0.3) is 0 Å². The SMILES string of the molecule is CC(=Cc1cnn(C(C)C)c1)c1cnccn1. The maximum atomic E-state index is 4.30. The van der Waals surface area contributed by atoms with Gasteiger partial charge in [-0.2, -0.15) is 5.10 Å². The second-order valence-electron chi connectivity index (χ2n) is 4.27. The Morgan fingerprint density at radius 2 is 2.12 bits per heavy atom. The van der Waals surface area contributed by atoms with Crippen LogP contribution in [-0.4, -0.2) is 19.7 Å². The van der Waals surface area contributed by atoms with Crippen LogP contribution in [0.4, 0.5) is 0 Å². The summed E-state index contributed by atoms with van der Waals surface area (Å²) >= 11 is 0. The number of hydrogen-bond acceptors (Lipinski definition) is 3. The zero-order valence-electron chi connectivity index (χ0n) is 10.3. The number of hydrogen-bond donors (Lipinski definition) is 0. The molecule has 2 aromatic rings. The highest BCUT2D eigenvalue weighted by Crippen LogP contribution is 2.15. The molecule has 0 atom stereocenters. The van der Waals surface area contributed by atoms with E-state index < -0.39 is 0 Å². The average molecular weight is 228 g/mol. The number of rotatable bonds is 3. The van der Waals surface area contributed by atoms with Gasteiger partial charge in [-0.05, 0) is 32.4 Å². The molecule has 0 aliphatic rings. The Morgan fingerprint density at radius 3 is 2.71 bits per heavy atom. The predicted octanol–water partition coefficient (Wildman–Crippen LogP) is 2.81. The molecule has 4 nitrogen and oxygen atoms in total. The molecule has 17 heavy (non-hydrogen) atoms. The monoisotopic (exact) mass is 228 g/mol. The van der Waals surface area contributed by atoms with Crippen LogP contribution in [0.15, 0.2) is 31.0 Å². The van der Waals surface area contributed by atoms with E-state index >= 15 is 0 Å². The van der Waals surface area contributed by atoms with Gasteiger partial charge in [-0.15, -0.1) is 0 Å². The fourth-order valence-electron chi connectivity index (χ4n) is 1.54. The molecule has 2 heterocycles. The van der Waals surface area contributed by atoms with Gasteiger partial charge in [0.2, 0.25) is 0 Å². The Kier molecular flexibility index (Phi) is 3.32. The Hall–Kier alpha value is -1.97. The van der Waals surface area contributed by atoms with Crippen LogP contribution < -0.4 is 0 Å². The van der Waals surface area contributed by atoms with Crippen molar-refractivity contribution in [2.75, 3.05) is 0 Å². The molecule has 2 rings (SSSR count). The van der Waals surface area contributed by atoms with E-state index in [9.17, 15) is 0 Å². The highest BCUT2D eigenvalue weighted by atomic mass is 15.3. The van der Waals surface area contributed by atoms with Gasteiger partial charge in [0, 0.05) is 30.2 Å². The fraction of sp³-hybridized carbons (Fsp3) is 0.308. The van der Waals surface area contributed by atoms with Crippen LogP contribution >= 0.6 is 0 Å². The van der Waals surface area contributed by atoms with Crippen molar-refractivity contribution in [3.63, 3.8) is 0 Å². The fourth-order valence-corrected chi connectivity index (χ4v) is 1.54. The van der Waals surface area contributed by atoms with Crippen LogP contribution in [-0.2, 0) is 0 Å². The Balaban J connectivity index is 2.24. The third-order valence-corrected chi connectivity index (χ3v) is 2.50. The zero-order valence-corrected chi connectivity index (χ0v) is 10.3. The molecule has 0 radical (unpaired) electrons. The van der Waals surface area contributed by atoms with Crippen LogP contribution in [0.2, 0.25) is 0 Å².